The summed E-state index contributed by atoms with van der Waals surface area (Å²) in [7, 11) is 0. The summed E-state index contributed by atoms with van der Waals surface area (Å²) in [5.41, 5.74) is 7.22. The molecule has 3 N–H and O–H groups in total. The van der Waals surface area contributed by atoms with Crippen LogP contribution in [0.4, 0.5) is 11.6 Å². The van der Waals surface area contributed by atoms with Crippen LogP contribution in [-0.4, -0.2) is 19.9 Å². The summed E-state index contributed by atoms with van der Waals surface area (Å²) in [6.45, 7) is 4.20. The number of fused-ring (bicyclic) bond motifs is 2. The molecule has 0 bridgehead atoms. The van der Waals surface area contributed by atoms with Gasteiger partial charge in [-0.05, 0) is 65.2 Å². The van der Waals surface area contributed by atoms with E-state index in [4.69, 9.17) is 0 Å². The van der Waals surface area contributed by atoms with E-state index in [2.05, 4.69) is 67.2 Å². The summed E-state index contributed by atoms with van der Waals surface area (Å²) in [4.78, 5) is 15.6. The smallest absolute Gasteiger partial charge is 0.205 e. The molecule has 0 aliphatic heterocycles. The highest BCUT2D eigenvalue weighted by Crippen LogP contribution is 2.26. The number of nitrogens with one attached hydrogen (secondary N) is 3. The highest BCUT2D eigenvalue weighted by Gasteiger charge is 2.09. The number of nitrogens with zero attached hydrogens (tertiary/aromatic N) is 2. The minimum atomic E-state index is 0.711. The maximum atomic E-state index is 4.60. The lowest BCUT2D eigenvalue weighted by Crippen LogP contribution is -1.91. The lowest BCUT2D eigenvalue weighted by molar-refractivity contribution is 1.30. The Morgan fingerprint density at radius 1 is 1.05 bits per heavy atom. The summed E-state index contributed by atoms with van der Waals surface area (Å²) in [6.07, 6.45) is 1.90. The van der Waals surface area contributed by atoms with E-state index in [1.807, 2.05) is 18.3 Å². The van der Waals surface area contributed by atoms with Crippen LogP contribution < -0.4 is 5.32 Å². The molecule has 0 fully saturated rings. The third kappa shape index (κ3) is 2.16. The third-order valence-electron chi connectivity index (χ3n) is 3.84. The van der Waals surface area contributed by atoms with Crippen molar-refractivity contribution in [1.29, 1.82) is 0 Å². The van der Waals surface area contributed by atoms with E-state index in [1.165, 1.54) is 11.1 Å². The van der Waals surface area contributed by atoms with Crippen molar-refractivity contribution >= 4 is 49.6 Å². The minimum Gasteiger partial charge on any atom is -0.358 e. The van der Waals surface area contributed by atoms with Gasteiger partial charge in [-0.15, -0.1) is 0 Å². The molecular formula is C16H14BrN5. The lowest BCUT2D eigenvalue weighted by atomic mass is 10.1. The van der Waals surface area contributed by atoms with Crippen LogP contribution in [0.1, 0.15) is 11.1 Å². The largest absolute Gasteiger partial charge is 0.358 e. The number of benzene rings is 1. The Hall–Kier alpha value is -2.34. The molecule has 3 aromatic heterocycles. The number of anilines is 2. The first-order valence-electron chi connectivity index (χ1n) is 6.98. The topological polar surface area (TPSA) is 69.4 Å². The van der Waals surface area contributed by atoms with Gasteiger partial charge in [-0.2, -0.15) is 0 Å². The number of aromatic nitrogens is 4. The van der Waals surface area contributed by atoms with E-state index in [-0.39, 0.29) is 0 Å². The number of imidazole rings is 1. The molecule has 110 valence electrons. The Morgan fingerprint density at radius 3 is 2.73 bits per heavy atom. The zero-order valence-corrected chi connectivity index (χ0v) is 13.7. The zero-order chi connectivity index (χ0) is 15.3. The first kappa shape index (κ1) is 13.3. The highest BCUT2D eigenvalue weighted by molar-refractivity contribution is 9.10. The molecule has 0 spiro atoms. The molecule has 0 radical (unpaired) electrons. The summed E-state index contributed by atoms with van der Waals surface area (Å²) in [6, 6.07) is 8.11. The molecule has 0 atom stereocenters. The maximum Gasteiger partial charge on any atom is 0.205 e. The van der Waals surface area contributed by atoms with Gasteiger partial charge in [0.1, 0.15) is 10.1 Å². The average Bonchev–Trinajstić information content (AvgIpc) is 3.04. The lowest BCUT2D eigenvalue weighted by Gasteiger charge is -1.99. The van der Waals surface area contributed by atoms with Gasteiger partial charge in [0, 0.05) is 6.20 Å². The van der Waals surface area contributed by atoms with Gasteiger partial charge >= 0.3 is 0 Å². The van der Waals surface area contributed by atoms with Crippen LogP contribution in [0.25, 0.3) is 22.1 Å². The number of H-pyrrole nitrogens is 2. The van der Waals surface area contributed by atoms with Gasteiger partial charge in [-0.25, -0.2) is 9.97 Å². The Balaban J connectivity index is 1.77. The number of pyridine rings is 1. The fourth-order valence-electron chi connectivity index (χ4n) is 2.53. The molecule has 0 aliphatic carbocycles. The van der Waals surface area contributed by atoms with Gasteiger partial charge in [-0.3, -0.25) is 0 Å². The number of aryl methyl sites for hydroxylation is 2. The van der Waals surface area contributed by atoms with Crippen molar-refractivity contribution in [2.24, 2.45) is 0 Å². The van der Waals surface area contributed by atoms with Crippen LogP contribution in [0.3, 0.4) is 0 Å². The summed E-state index contributed by atoms with van der Waals surface area (Å²) in [5, 5.41) is 3.30. The van der Waals surface area contributed by atoms with Crippen molar-refractivity contribution in [2.75, 3.05) is 5.32 Å². The van der Waals surface area contributed by atoms with E-state index in [9.17, 15) is 0 Å². The van der Waals surface area contributed by atoms with Gasteiger partial charge in [-0.1, -0.05) is 0 Å². The van der Waals surface area contributed by atoms with E-state index < -0.39 is 0 Å². The zero-order valence-electron chi connectivity index (χ0n) is 12.2. The van der Waals surface area contributed by atoms with Crippen LogP contribution in [-0.2, 0) is 0 Å². The molecule has 1 aromatic carbocycles. The molecule has 3 heterocycles. The normalized spacial score (nSPS) is 11.4. The van der Waals surface area contributed by atoms with Gasteiger partial charge < -0.3 is 15.3 Å². The molecule has 22 heavy (non-hydrogen) atoms. The van der Waals surface area contributed by atoms with E-state index in [1.54, 1.807) is 0 Å². The predicted molar refractivity (Wildman–Crippen MR) is 92.6 cm³/mol. The number of hydrogen-bond donors (Lipinski definition) is 3. The van der Waals surface area contributed by atoms with E-state index in [0.29, 0.717) is 5.95 Å². The van der Waals surface area contributed by atoms with Gasteiger partial charge in [0.15, 0.2) is 0 Å². The average molecular weight is 356 g/mol. The Bertz CT molecular complexity index is 960. The molecule has 4 aromatic rings. The Labute approximate surface area is 135 Å². The molecular weight excluding hydrogens is 342 g/mol. The van der Waals surface area contributed by atoms with Crippen molar-refractivity contribution in [3.8, 4) is 0 Å². The minimum absolute atomic E-state index is 0.711. The third-order valence-corrected chi connectivity index (χ3v) is 4.28. The molecule has 5 nitrogen and oxygen atoms in total. The standard InChI is InChI=1S/C16H14BrN5/c1-8-5-11-12(6-9(8)2)20-16(19-11)21-13-7-18-10-3-4-14(17)22-15(10)13/h3-7,18H,1-2H3,(H2,19,20,21). The van der Waals surface area contributed by atoms with Crippen molar-refractivity contribution < 1.29 is 0 Å². The van der Waals surface area contributed by atoms with Crippen LogP contribution in [0, 0.1) is 13.8 Å². The van der Waals surface area contributed by atoms with Crippen molar-refractivity contribution in [1.82, 2.24) is 19.9 Å². The fourth-order valence-corrected chi connectivity index (χ4v) is 2.84. The van der Waals surface area contributed by atoms with E-state index in [0.717, 1.165) is 32.4 Å². The predicted octanol–water partition coefficient (Wildman–Crippen LogP) is 4.56. The highest BCUT2D eigenvalue weighted by atomic mass is 79.9. The quantitative estimate of drug-likeness (QED) is 0.461. The second-order valence-corrected chi connectivity index (χ2v) is 6.21. The molecule has 0 saturated carbocycles. The second kappa shape index (κ2) is 4.84. The molecule has 4 rings (SSSR count). The monoisotopic (exact) mass is 355 g/mol. The van der Waals surface area contributed by atoms with Crippen LogP contribution in [0.2, 0.25) is 0 Å². The maximum absolute atomic E-state index is 4.60. The first-order valence-corrected chi connectivity index (χ1v) is 7.77. The second-order valence-electron chi connectivity index (χ2n) is 5.40. The van der Waals surface area contributed by atoms with E-state index >= 15 is 0 Å². The summed E-state index contributed by atoms with van der Waals surface area (Å²) < 4.78 is 0.804. The fraction of sp³-hybridized carbons (Fsp3) is 0.125. The number of aromatic amines is 2. The Kier molecular flexibility index (Phi) is 2.94. The molecule has 0 saturated heterocycles. The first-order chi connectivity index (χ1) is 10.6. The van der Waals surface area contributed by atoms with Crippen LogP contribution >= 0.6 is 15.9 Å². The SMILES string of the molecule is Cc1cc2nc(Nc3c[nH]c4ccc(Br)nc34)[nH]c2cc1C. The van der Waals surface area contributed by atoms with Gasteiger partial charge in [0.25, 0.3) is 0 Å². The van der Waals surface area contributed by atoms with Gasteiger partial charge in [0.05, 0.1) is 22.2 Å². The Morgan fingerprint density at radius 2 is 1.86 bits per heavy atom. The van der Waals surface area contributed by atoms with Crippen molar-refractivity contribution in [2.45, 2.75) is 13.8 Å². The molecule has 0 aliphatic rings. The molecule has 0 unspecified atom stereocenters. The van der Waals surface area contributed by atoms with Crippen LogP contribution in [0.15, 0.2) is 35.1 Å². The number of rotatable bonds is 2. The summed E-state index contributed by atoms with van der Waals surface area (Å²) >= 11 is 3.40. The van der Waals surface area contributed by atoms with Crippen LogP contribution in [0.5, 0.6) is 0 Å². The summed E-state index contributed by atoms with van der Waals surface area (Å²) in [5.74, 6) is 0.711. The van der Waals surface area contributed by atoms with Gasteiger partial charge in [0.2, 0.25) is 5.95 Å². The molecule has 0 amide bonds. The molecule has 6 heteroatoms. The number of halogens is 1. The number of hydrogen-bond acceptors (Lipinski definition) is 3. The van der Waals surface area contributed by atoms with Crippen molar-refractivity contribution in [3.05, 3.63) is 46.2 Å². The van der Waals surface area contributed by atoms with Crippen molar-refractivity contribution in [3.63, 3.8) is 0 Å².